The van der Waals surface area contributed by atoms with Crippen LogP contribution in [0.5, 0.6) is 0 Å². The smallest absolute Gasteiger partial charge is 0.317 e. The summed E-state index contributed by atoms with van der Waals surface area (Å²) >= 11 is 0. The summed E-state index contributed by atoms with van der Waals surface area (Å²) in [5.41, 5.74) is 0. The summed E-state index contributed by atoms with van der Waals surface area (Å²) in [7, 11) is 1.82. The van der Waals surface area contributed by atoms with Crippen LogP contribution < -0.4 is 5.32 Å². The van der Waals surface area contributed by atoms with E-state index in [2.05, 4.69) is 18.8 Å². The summed E-state index contributed by atoms with van der Waals surface area (Å²) in [6.45, 7) is 7.33. The molecule has 0 unspecified atom stereocenters. The number of hydrogen-bond acceptors (Lipinski definition) is 1. The molecule has 0 radical (unpaired) electrons. The minimum atomic E-state index is 0.0301. The highest BCUT2D eigenvalue weighted by molar-refractivity contribution is 5.73. The molecule has 0 atom stereocenters. The van der Waals surface area contributed by atoms with Gasteiger partial charge in [-0.2, -0.15) is 0 Å². The van der Waals surface area contributed by atoms with Gasteiger partial charge in [-0.15, -0.1) is 6.58 Å². The molecule has 0 aromatic heterocycles. The minimum absolute atomic E-state index is 0.0301. The normalized spacial score (nSPS) is 9.57. The molecule has 0 aliphatic heterocycles. The van der Waals surface area contributed by atoms with Crippen LogP contribution in [0.1, 0.15) is 32.6 Å². The maximum absolute atomic E-state index is 11.4. The number of allylic oxidation sites excluding steroid dienone is 1. The van der Waals surface area contributed by atoms with E-state index in [-0.39, 0.29) is 6.03 Å². The van der Waals surface area contributed by atoms with Crippen LogP contribution >= 0.6 is 0 Å². The summed E-state index contributed by atoms with van der Waals surface area (Å²) < 4.78 is 0. The predicted molar refractivity (Wildman–Crippen MR) is 60.4 cm³/mol. The molecule has 0 saturated heterocycles. The lowest BCUT2D eigenvalue weighted by Crippen LogP contribution is -2.38. The van der Waals surface area contributed by atoms with Crippen LogP contribution in [0.4, 0.5) is 4.79 Å². The molecule has 0 spiro atoms. The van der Waals surface area contributed by atoms with Crippen LogP contribution in [0.3, 0.4) is 0 Å². The van der Waals surface area contributed by atoms with Crippen LogP contribution in [0.15, 0.2) is 12.7 Å². The summed E-state index contributed by atoms with van der Waals surface area (Å²) in [6, 6.07) is 0.0301. The number of carbonyl (C=O) groups is 1. The second-order valence-corrected chi connectivity index (χ2v) is 3.44. The number of rotatable bonds is 7. The molecule has 0 bridgehead atoms. The third kappa shape index (κ3) is 6.52. The molecule has 1 N–H and O–H groups in total. The molecule has 0 saturated carbocycles. The largest absolute Gasteiger partial charge is 0.338 e. The van der Waals surface area contributed by atoms with Gasteiger partial charge in [-0.25, -0.2) is 4.79 Å². The Hall–Kier alpha value is -0.990. The fourth-order valence-electron chi connectivity index (χ4n) is 1.08. The van der Waals surface area contributed by atoms with Crippen LogP contribution in [-0.4, -0.2) is 31.1 Å². The predicted octanol–water partition coefficient (Wildman–Crippen LogP) is 2.39. The number of amides is 2. The Kier molecular flexibility index (Phi) is 7.99. The highest BCUT2D eigenvalue weighted by atomic mass is 16.2. The van der Waals surface area contributed by atoms with Gasteiger partial charge in [0.2, 0.25) is 0 Å². The first-order valence-corrected chi connectivity index (χ1v) is 5.32. The van der Waals surface area contributed by atoms with Crippen LogP contribution in [0, 0.1) is 0 Å². The molecule has 0 aliphatic carbocycles. The summed E-state index contributed by atoms with van der Waals surface area (Å²) in [5, 5.41) is 2.87. The molecule has 0 aromatic rings. The van der Waals surface area contributed by atoms with Crippen LogP contribution in [0.25, 0.3) is 0 Å². The van der Waals surface area contributed by atoms with E-state index < -0.39 is 0 Å². The summed E-state index contributed by atoms with van der Waals surface area (Å²) in [6.07, 6.45) is 5.99. The van der Waals surface area contributed by atoms with Gasteiger partial charge in [0.15, 0.2) is 0 Å². The monoisotopic (exact) mass is 198 g/mol. The average Bonchev–Trinajstić information content (AvgIpc) is 2.18. The fourth-order valence-corrected chi connectivity index (χ4v) is 1.08. The molecule has 0 fully saturated rings. The number of urea groups is 1. The zero-order chi connectivity index (χ0) is 10.8. The first-order valence-electron chi connectivity index (χ1n) is 5.32. The maximum Gasteiger partial charge on any atom is 0.317 e. The molecular weight excluding hydrogens is 176 g/mol. The van der Waals surface area contributed by atoms with E-state index in [1.807, 2.05) is 13.1 Å². The maximum atomic E-state index is 11.4. The molecule has 3 heteroatoms. The van der Waals surface area contributed by atoms with E-state index in [0.717, 1.165) is 38.8 Å². The number of carbonyl (C=O) groups excluding carboxylic acids is 1. The van der Waals surface area contributed by atoms with E-state index >= 15 is 0 Å². The zero-order valence-electron chi connectivity index (χ0n) is 9.38. The highest BCUT2D eigenvalue weighted by Crippen LogP contribution is 1.94. The van der Waals surface area contributed by atoms with Gasteiger partial charge in [-0.1, -0.05) is 19.4 Å². The Balaban J connectivity index is 3.49. The van der Waals surface area contributed by atoms with Crippen molar-refractivity contribution < 1.29 is 4.79 Å². The molecule has 0 aliphatic rings. The summed E-state index contributed by atoms with van der Waals surface area (Å²) in [5.74, 6) is 0. The van der Waals surface area contributed by atoms with Gasteiger partial charge in [-0.05, 0) is 19.3 Å². The zero-order valence-corrected chi connectivity index (χ0v) is 9.38. The topological polar surface area (TPSA) is 32.3 Å². The first-order chi connectivity index (χ1) is 6.72. The number of unbranched alkanes of at least 4 members (excludes halogenated alkanes) is 2. The molecule has 0 aromatic carbocycles. The van der Waals surface area contributed by atoms with Crippen molar-refractivity contribution >= 4 is 6.03 Å². The van der Waals surface area contributed by atoms with Crippen molar-refractivity contribution in [3.05, 3.63) is 12.7 Å². The van der Waals surface area contributed by atoms with Gasteiger partial charge in [0.1, 0.15) is 0 Å². The lowest BCUT2D eigenvalue weighted by Gasteiger charge is -2.17. The van der Waals surface area contributed by atoms with Crippen molar-refractivity contribution in [2.45, 2.75) is 32.6 Å². The average molecular weight is 198 g/mol. The Morgan fingerprint density at radius 3 is 2.79 bits per heavy atom. The fraction of sp³-hybridized carbons (Fsp3) is 0.727. The van der Waals surface area contributed by atoms with Gasteiger partial charge in [0.25, 0.3) is 0 Å². The van der Waals surface area contributed by atoms with E-state index in [1.54, 1.807) is 4.90 Å². The molecule has 82 valence electrons. The number of nitrogens with zero attached hydrogens (tertiary/aromatic N) is 1. The van der Waals surface area contributed by atoms with E-state index in [9.17, 15) is 4.79 Å². The van der Waals surface area contributed by atoms with E-state index in [1.165, 1.54) is 0 Å². The first kappa shape index (κ1) is 13.0. The Morgan fingerprint density at radius 1 is 1.50 bits per heavy atom. The van der Waals surface area contributed by atoms with Gasteiger partial charge < -0.3 is 10.2 Å². The third-order valence-electron chi connectivity index (χ3n) is 2.06. The van der Waals surface area contributed by atoms with E-state index in [0.29, 0.717) is 0 Å². The van der Waals surface area contributed by atoms with Gasteiger partial charge >= 0.3 is 6.03 Å². The van der Waals surface area contributed by atoms with E-state index in [4.69, 9.17) is 0 Å². The van der Waals surface area contributed by atoms with Gasteiger partial charge in [0, 0.05) is 20.1 Å². The molecule has 0 heterocycles. The second-order valence-electron chi connectivity index (χ2n) is 3.44. The Labute approximate surface area is 87.2 Å². The third-order valence-corrected chi connectivity index (χ3v) is 2.06. The summed E-state index contributed by atoms with van der Waals surface area (Å²) in [4.78, 5) is 13.1. The lowest BCUT2D eigenvalue weighted by atomic mass is 10.3. The van der Waals surface area contributed by atoms with Crippen LogP contribution in [-0.2, 0) is 0 Å². The highest BCUT2D eigenvalue weighted by Gasteiger charge is 2.05. The van der Waals surface area contributed by atoms with Gasteiger partial charge in [0.05, 0.1) is 0 Å². The SMILES string of the molecule is C=CCCCN(C)C(=O)NCCCC. The van der Waals surface area contributed by atoms with Crippen LogP contribution in [0.2, 0.25) is 0 Å². The van der Waals surface area contributed by atoms with Crippen molar-refractivity contribution in [3.8, 4) is 0 Å². The molecular formula is C11H22N2O. The van der Waals surface area contributed by atoms with Crippen molar-refractivity contribution in [3.63, 3.8) is 0 Å². The lowest BCUT2D eigenvalue weighted by molar-refractivity contribution is 0.208. The molecule has 0 rings (SSSR count). The number of nitrogens with one attached hydrogen (secondary N) is 1. The van der Waals surface area contributed by atoms with Crippen molar-refractivity contribution in [1.29, 1.82) is 0 Å². The Morgan fingerprint density at radius 2 is 2.21 bits per heavy atom. The molecule has 3 nitrogen and oxygen atoms in total. The van der Waals surface area contributed by atoms with Gasteiger partial charge in [-0.3, -0.25) is 0 Å². The van der Waals surface area contributed by atoms with Crippen molar-refractivity contribution in [1.82, 2.24) is 10.2 Å². The van der Waals surface area contributed by atoms with Crippen molar-refractivity contribution in [2.75, 3.05) is 20.1 Å². The number of hydrogen-bond donors (Lipinski definition) is 1. The Bertz CT molecular complexity index is 169. The van der Waals surface area contributed by atoms with Crippen molar-refractivity contribution in [2.24, 2.45) is 0 Å². The minimum Gasteiger partial charge on any atom is -0.338 e. The second kappa shape index (κ2) is 8.60. The quantitative estimate of drug-likeness (QED) is 0.494. The molecule has 2 amide bonds. The standard InChI is InChI=1S/C11H22N2O/c1-4-6-8-10-13(3)11(14)12-9-7-5-2/h4H,1,5-10H2,2-3H3,(H,12,14). The molecule has 14 heavy (non-hydrogen) atoms.